The monoisotopic (exact) mass is 461 g/mol. The lowest BCUT2D eigenvalue weighted by molar-refractivity contribution is 0.208. The van der Waals surface area contributed by atoms with Gasteiger partial charge in [0.25, 0.3) is 0 Å². The minimum Gasteiger partial charge on any atom is -0.495 e. The van der Waals surface area contributed by atoms with E-state index in [0.717, 1.165) is 17.8 Å². The summed E-state index contributed by atoms with van der Waals surface area (Å²) in [6.45, 7) is 4.65. The Morgan fingerprint density at radius 1 is 1.42 bits per heavy atom. The van der Waals surface area contributed by atoms with Gasteiger partial charge in [-0.2, -0.15) is 10.4 Å². The van der Waals surface area contributed by atoms with Crippen LogP contribution >= 0.6 is 11.3 Å². The minimum atomic E-state index is -3.99. The van der Waals surface area contributed by atoms with Crippen LogP contribution in [0.15, 0.2) is 23.1 Å². The number of rotatable bonds is 7. The Labute approximate surface area is 184 Å². The molecule has 164 valence electrons. The van der Waals surface area contributed by atoms with E-state index in [2.05, 4.69) is 20.9 Å². The maximum absolute atomic E-state index is 13.1. The van der Waals surface area contributed by atoms with Crippen LogP contribution < -0.4 is 9.46 Å². The molecule has 3 aromatic rings. The summed E-state index contributed by atoms with van der Waals surface area (Å²) in [5, 5.41) is 24.3. The Hall–Kier alpha value is -2.52. The molecule has 1 aliphatic carbocycles. The van der Waals surface area contributed by atoms with E-state index in [1.807, 2.05) is 6.92 Å². The van der Waals surface area contributed by atoms with E-state index in [0.29, 0.717) is 21.9 Å². The van der Waals surface area contributed by atoms with E-state index < -0.39 is 21.0 Å². The first kappa shape index (κ1) is 21.7. The van der Waals surface area contributed by atoms with Crippen LogP contribution in [0.4, 0.5) is 0 Å². The minimum absolute atomic E-state index is 0.0467. The predicted octanol–water partition coefficient (Wildman–Crippen LogP) is 2.38. The van der Waals surface area contributed by atoms with Crippen LogP contribution in [0, 0.1) is 18.3 Å². The van der Waals surface area contributed by atoms with Crippen LogP contribution in [0.5, 0.6) is 5.75 Å². The van der Waals surface area contributed by atoms with Gasteiger partial charge in [0.2, 0.25) is 15.0 Å². The number of aliphatic hydroxyl groups is 1. The highest BCUT2D eigenvalue weighted by atomic mass is 32.2. The summed E-state index contributed by atoms with van der Waals surface area (Å²) < 4.78 is 35.6. The van der Waals surface area contributed by atoms with Crippen molar-refractivity contribution < 1.29 is 18.3 Å². The number of nitriles is 1. The largest absolute Gasteiger partial charge is 0.495 e. The lowest BCUT2D eigenvalue weighted by Gasteiger charge is -2.24. The van der Waals surface area contributed by atoms with Gasteiger partial charge >= 0.3 is 0 Å². The molecule has 1 aliphatic rings. The average molecular weight is 462 g/mol. The molecule has 1 aromatic carbocycles. The Balaban J connectivity index is 1.85. The highest BCUT2D eigenvalue weighted by molar-refractivity contribution is 7.89. The van der Waals surface area contributed by atoms with Gasteiger partial charge in [0.05, 0.1) is 36.7 Å². The summed E-state index contributed by atoms with van der Waals surface area (Å²) in [4.78, 5) is 5.18. The highest BCUT2D eigenvalue weighted by Gasteiger charge is 2.48. The molecule has 0 spiro atoms. The fourth-order valence-electron chi connectivity index (χ4n) is 3.36. The maximum atomic E-state index is 13.1. The first-order valence-corrected chi connectivity index (χ1v) is 12.0. The molecule has 0 amide bonds. The molecular formula is C20H23N5O4S2. The smallest absolute Gasteiger partial charge is 0.244 e. The zero-order chi connectivity index (χ0) is 22.6. The van der Waals surface area contributed by atoms with E-state index >= 15 is 0 Å². The molecule has 0 unspecified atom stereocenters. The Kier molecular flexibility index (Phi) is 5.09. The van der Waals surface area contributed by atoms with Crippen molar-refractivity contribution in [3.05, 3.63) is 28.9 Å². The Morgan fingerprint density at radius 3 is 2.71 bits per heavy atom. The molecular weight excluding hydrogens is 438 g/mol. The predicted molar refractivity (Wildman–Crippen MR) is 116 cm³/mol. The second kappa shape index (κ2) is 7.27. The van der Waals surface area contributed by atoms with Gasteiger partial charge in [-0.05, 0) is 51.8 Å². The molecule has 0 atom stereocenters. The molecule has 0 aliphatic heterocycles. The normalized spacial score (nSPS) is 15.7. The SMILES string of the molecule is COc1ccc(-c2c(C)nc3sc(C4(C#N)CC4)nn23)cc1S(=O)(=O)NC(C)(C)CO. The summed E-state index contributed by atoms with van der Waals surface area (Å²) in [5.41, 5.74) is 0.395. The van der Waals surface area contributed by atoms with Gasteiger partial charge in [0, 0.05) is 5.56 Å². The first-order chi connectivity index (χ1) is 14.6. The van der Waals surface area contributed by atoms with Crippen molar-refractivity contribution in [3.63, 3.8) is 0 Å². The summed E-state index contributed by atoms with van der Waals surface area (Å²) in [7, 11) is -2.59. The summed E-state index contributed by atoms with van der Waals surface area (Å²) in [6, 6.07) is 7.20. The zero-order valence-corrected chi connectivity index (χ0v) is 19.3. The van der Waals surface area contributed by atoms with Crippen LogP contribution in [0.2, 0.25) is 0 Å². The number of nitrogens with zero attached hydrogens (tertiary/aromatic N) is 4. The van der Waals surface area contributed by atoms with Gasteiger partial charge in [-0.15, -0.1) is 0 Å². The zero-order valence-electron chi connectivity index (χ0n) is 17.6. The van der Waals surface area contributed by atoms with Gasteiger partial charge in [-0.25, -0.2) is 22.6 Å². The van der Waals surface area contributed by atoms with Crippen molar-refractivity contribution in [2.24, 2.45) is 0 Å². The van der Waals surface area contributed by atoms with Crippen molar-refractivity contribution in [2.45, 2.75) is 49.5 Å². The van der Waals surface area contributed by atoms with Crippen LogP contribution in [-0.2, 0) is 15.4 Å². The fourth-order valence-corrected chi connectivity index (χ4v) is 6.10. The molecule has 1 fully saturated rings. The number of aromatic nitrogens is 3. The number of methoxy groups -OCH3 is 1. The lowest BCUT2D eigenvalue weighted by atomic mass is 10.1. The maximum Gasteiger partial charge on any atom is 0.244 e. The number of hydrogen-bond acceptors (Lipinski definition) is 8. The van der Waals surface area contributed by atoms with Crippen LogP contribution in [0.1, 0.15) is 37.4 Å². The second-order valence-electron chi connectivity index (χ2n) is 8.35. The van der Waals surface area contributed by atoms with Crippen molar-refractivity contribution in [3.8, 4) is 23.1 Å². The number of benzene rings is 1. The quantitative estimate of drug-likeness (QED) is 0.552. The number of imidazole rings is 1. The van der Waals surface area contributed by atoms with Crippen molar-refractivity contribution >= 4 is 26.3 Å². The van der Waals surface area contributed by atoms with Gasteiger partial charge in [0.15, 0.2) is 0 Å². The number of sulfonamides is 1. The molecule has 0 saturated heterocycles. The molecule has 2 aromatic heterocycles. The molecule has 0 radical (unpaired) electrons. The number of aryl methyl sites for hydroxylation is 1. The van der Waals surface area contributed by atoms with Crippen LogP contribution in [0.25, 0.3) is 16.2 Å². The molecule has 1 saturated carbocycles. The number of hydrogen-bond donors (Lipinski definition) is 2. The average Bonchev–Trinajstić information content (AvgIpc) is 3.32. The standard InChI is InChI=1S/C20H23N5O4S2/c1-12-16(25-18(22-12)30-17(23-25)20(10-21)7-8-20)13-5-6-14(29-4)15(9-13)31(27,28)24-19(2,3)11-26/h5-6,9,24,26H,7-8,11H2,1-4H3. The fraction of sp³-hybridized carbons (Fsp3) is 0.450. The number of aliphatic hydroxyl groups excluding tert-OH is 1. The van der Waals surface area contributed by atoms with E-state index in [-0.39, 0.29) is 17.3 Å². The van der Waals surface area contributed by atoms with Gasteiger partial charge < -0.3 is 9.84 Å². The van der Waals surface area contributed by atoms with E-state index in [4.69, 9.17) is 4.74 Å². The molecule has 9 nitrogen and oxygen atoms in total. The first-order valence-electron chi connectivity index (χ1n) is 9.67. The van der Waals surface area contributed by atoms with Crippen molar-refractivity contribution in [1.82, 2.24) is 19.3 Å². The number of ether oxygens (including phenoxy) is 1. The lowest BCUT2D eigenvalue weighted by Crippen LogP contribution is -2.46. The number of fused-ring (bicyclic) bond motifs is 1. The number of nitrogens with one attached hydrogen (secondary N) is 1. The topological polar surface area (TPSA) is 130 Å². The summed E-state index contributed by atoms with van der Waals surface area (Å²) in [6.07, 6.45) is 1.57. The van der Waals surface area contributed by atoms with Crippen LogP contribution in [0.3, 0.4) is 0 Å². The van der Waals surface area contributed by atoms with Crippen LogP contribution in [-0.4, -0.2) is 47.4 Å². The molecule has 0 bridgehead atoms. The molecule has 2 heterocycles. The molecule has 4 rings (SSSR count). The third kappa shape index (κ3) is 3.70. The van der Waals surface area contributed by atoms with Crippen molar-refractivity contribution in [2.75, 3.05) is 13.7 Å². The third-order valence-electron chi connectivity index (χ3n) is 5.28. The van der Waals surface area contributed by atoms with Gasteiger partial charge in [0.1, 0.15) is 21.1 Å². The summed E-state index contributed by atoms with van der Waals surface area (Å²) >= 11 is 1.38. The third-order valence-corrected chi connectivity index (χ3v) is 8.12. The van der Waals surface area contributed by atoms with E-state index in [1.165, 1.54) is 24.5 Å². The Bertz CT molecular complexity index is 1310. The highest BCUT2D eigenvalue weighted by Crippen LogP contribution is 2.49. The van der Waals surface area contributed by atoms with E-state index in [1.54, 1.807) is 30.5 Å². The summed E-state index contributed by atoms with van der Waals surface area (Å²) in [5.74, 6) is 0.184. The van der Waals surface area contributed by atoms with Gasteiger partial charge in [-0.3, -0.25) is 0 Å². The Morgan fingerprint density at radius 2 is 2.13 bits per heavy atom. The second-order valence-corrected chi connectivity index (χ2v) is 11.0. The molecule has 2 N–H and O–H groups in total. The van der Waals surface area contributed by atoms with E-state index in [9.17, 15) is 18.8 Å². The molecule has 31 heavy (non-hydrogen) atoms. The van der Waals surface area contributed by atoms with Gasteiger partial charge in [-0.1, -0.05) is 11.3 Å². The van der Waals surface area contributed by atoms with Crippen molar-refractivity contribution in [1.29, 1.82) is 5.26 Å². The molecule has 11 heteroatoms.